The average molecular weight is 349 g/mol. The number of nitrogens with one attached hydrogen (secondary N) is 1. The summed E-state index contributed by atoms with van der Waals surface area (Å²) in [4.78, 5) is 11.7. The van der Waals surface area contributed by atoms with Gasteiger partial charge in [0.05, 0.1) is 12.1 Å². The maximum Gasteiger partial charge on any atom is 0.407 e. The number of benzene rings is 1. The van der Waals surface area contributed by atoms with Crippen LogP contribution in [0, 0.1) is 0 Å². The number of rotatable bonds is 5. The van der Waals surface area contributed by atoms with Crippen molar-refractivity contribution in [2.45, 2.75) is 32.3 Å². The van der Waals surface area contributed by atoms with Crippen molar-refractivity contribution in [2.75, 3.05) is 20.2 Å². The van der Waals surface area contributed by atoms with E-state index in [4.69, 9.17) is 38.4 Å². The predicted molar refractivity (Wildman–Crippen MR) is 89.0 cm³/mol. The molecule has 0 spiro atoms. The van der Waals surface area contributed by atoms with Crippen molar-refractivity contribution in [3.05, 3.63) is 27.7 Å². The molecule has 0 fully saturated rings. The van der Waals surface area contributed by atoms with Crippen LogP contribution in [0.2, 0.25) is 10.0 Å². The van der Waals surface area contributed by atoms with Crippen LogP contribution >= 0.6 is 23.2 Å². The molecule has 0 saturated carbocycles. The zero-order chi connectivity index (χ0) is 16.9. The third-order valence-electron chi connectivity index (χ3n) is 2.86. The van der Waals surface area contributed by atoms with Crippen LogP contribution in [0.15, 0.2) is 12.1 Å². The molecule has 0 aromatic heterocycles. The highest BCUT2D eigenvalue weighted by Crippen LogP contribution is 2.36. The van der Waals surface area contributed by atoms with E-state index in [0.29, 0.717) is 28.9 Å². The van der Waals surface area contributed by atoms with E-state index in [-0.39, 0.29) is 5.92 Å². The molecule has 0 aliphatic heterocycles. The Morgan fingerprint density at radius 2 is 2.00 bits per heavy atom. The number of hydrogen-bond donors (Lipinski definition) is 2. The van der Waals surface area contributed by atoms with E-state index in [1.54, 1.807) is 32.9 Å². The molecule has 1 aromatic rings. The first-order valence-electron chi connectivity index (χ1n) is 6.87. The van der Waals surface area contributed by atoms with Gasteiger partial charge in [-0.15, -0.1) is 0 Å². The van der Waals surface area contributed by atoms with Gasteiger partial charge in [-0.3, -0.25) is 0 Å². The maximum absolute atomic E-state index is 11.7. The van der Waals surface area contributed by atoms with Gasteiger partial charge in [-0.25, -0.2) is 4.79 Å². The molecule has 0 saturated heterocycles. The van der Waals surface area contributed by atoms with Crippen LogP contribution in [-0.2, 0) is 4.74 Å². The molecule has 1 amide bonds. The Kier molecular flexibility index (Phi) is 6.78. The van der Waals surface area contributed by atoms with E-state index < -0.39 is 11.7 Å². The van der Waals surface area contributed by atoms with Crippen molar-refractivity contribution >= 4 is 29.3 Å². The zero-order valence-corrected chi connectivity index (χ0v) is 14.7. The molecule has 0 aliphatic rings. The lowest BCUT2D eigenvalue weighted by atomic mass is 9.98. The quantitative estimate of drug-likeness (QED) is 0.852. The number of methoxy groups -OCH3 is 1. The molecule has 124 valence electrons. The lowest BCUT2D eigenvalue weighted by Gasteiger charge is -2.23. The third kappa shape index (κ3) is 5.55. The molecule has 0 radical (unpaired) electrons. The number of nitrogens with two attached hydrogens (primary N) is 1. The topological polar surface area (TPSA) is 73.6 Å². The second-order valence-electron chi connectivity index (χ2n) is 5.83. The Balaban J connectivity index is 2.87. The van der Waals surface area contributed by atoms with E-state index in [2.05, 4.69) is 5.32 Å². The summed E-state index contributed by atoms with van der Waals surface area (Å²) in [5.41, 5.74) is 6.00. The van der Waals surface area contributed by atoms with Crippen LogP contribution < -0.4 is 15.8 Å². The normalized spacial score (nSPS) is 12.7. The molecule has 0 aliphatic carbocycles. The fourth-order valence-electron chi connectivity index (χ4n) is 1.94. The number of ether oxygens (including phenoxy) is 2. The van der Waals surface area contributed by atoms with Crippen molar-refractivity contribution in [2.24, 2.45) is 5.73 Å². The van der Waals surface area contributed by atoms with E-state index in [1.165, 1.54) is 7.11 Å². The van der Waals surface area contributed by atoms with Crippen LogP contribution in [-0.4, -0.2) is 31.9 Å². The summed E-state index contributed by atoms with van der Waals surface area (Å²) in [7, 11) is 1.52. The molecule has 1 rings (SSSR count). The fourth-order valence-corrected chi connectivity index (χ4v) is 2.53. The lowest BCUT2D eigenvalue weighted by molar-refractivity contribution is 0.0524. The molecule has 1 aromatic carbocycles. The summed E-state index contributed by atoms with van der Waals surface area (Å²) in [6, 6.07) is 3.33. The Bertz CT molecular complexity index is 530. The van der Waals surface area contributed by atoms with Gasteiger partial charge >= 0.3 is 6.09 Å². The monoisotopic (exact) mass is 348 g/mol. The summed E-state index contributed by atoms with van der Waals surface area (Å²) in [6.07, 6.45) is -0.502. The molecule has 7 heteroatoms. The summed E-state index contributed by atoms with van der Waals surface area (Å²) >= 11 is 12.2. The predicted octanol–water partition coefficient (Wildman–Crippen LogP) is 3.57. The Labute approximate surface area is 141 Å². The number of hydrogen-bond acceptors (Lipinski definition) is 4. The first-order valence-corrected chi connectivity index (χ1v) is 7.63. The first-order chi connectivity index (χ1) is 10.2. The minimum Gasteiger partial charge on any atom is -0.495 e. The van der Waals surface area contributed by atoms with Gasteiger partial charge in [-0.1, -0.05) is 23.2 Å². The van der Waals surface area contributed by atoms with Gasteiger partial charge in [0.1, 0.15) is 11.4 Å². The standard InChI is InChI=1S/C15H22Cl2N2O3/c1-15(2,3)22-14(20)19-8-9(7-18)11-5-10(16)6-12(17)13(11)21-4/h5-6,9H,7-8,18H2,1-4H3,(H,19,20). The highest BCUT2D eigenvalue weighted by Gasteiger charge is 2.21. The lowest BCUT2D eigenvalue weighted by Crippen LogP contribution is -2.36. The molecule has 1 unspecified atom stereocenters. The molecule has 0 heterocycles. The van der Waals surface area contributed by atoms with Crippen LogP contribution in [0.1, 0.15) is 32.3 Å². The molecule has 5 nitrogen and oxygen atoms in total. The smallest absolute Gasteiger partial charge is 0.407 e. The van der Waals surface area contributed by atoms with Crippen LogP contribution in [0.3, 0.4) is 0 Å². The summed E-state index contributed by atoms with van der Waals surface area (Å²) in [6.45, 7) is 5.98. The molecule has 1 atom stereocenters. The second-order valence-corrected chi connectivity index (χ2v) is 6.67. The molecular formula is C15H22Cl2N2O3. The van der Waals surface area contributed by atoms with Gasteiger partial charge in [0, 0.05) is 29.6 Å². The molecule has 22 heavy (non-hydrogen) atoms. The van der Waals surface area contributed by atoms with Crippen LogP contribution in [0.25, 0.3) is 0 Å². The minimum atomic E-state index is -0.556. The average Bonchev–Trinajstić information content (AvgIpc) is 2.36. The Morgan fingerprint density at radius 1 is 1.36 bits per heavy atom. The largest absolute Gasteiger partial charge is 0.495 e. The van der Waals surface area contributed by atoms with Gasteiger partial charge in [0.15, 0.2) is 0 Å². The number of amides is 1. The van der Waals surface area contributed by atoms with Crippen molar-refractivity contribution in [3.63, 3.8) is 0 Å². The van der Waals surface area contributed by atoms with Gasteiger partial charge in [0.25, 0.3) is 0 Å². The third-order valence-corrected chi connectivity index (χ3v) is 3.36. The van der Waals surface area contributed by atoms with E-state index >= 15 is 0 Å². The zero-order valence-electron chi connectivity index (χ0n) is 13.2. The van der Waals surface area contributed by atoms with Crippen molar-refractivity contribution < 1.29 is 14.3 Å². The minimum absolute atomic E-state index is 0.196. The molecular weight excluding hydrogens is 327 g/mol. The number of alkyl carbamates (subject to hydrolysis) is 1. The summed E-state index contributed by atoms with van der Waals surface area (Å²) in [5, 5.41) is 3.58. The number of carbonyl (C=O) groups is 1. The van der Waals surface area contributed by atoms with Crippen LogP contribution in [0.5, 0.6) is 5.75 Å². The SMILES string of the molecule is COc1c(Cl)cc(Cl)cc1C(CN)CNC(=O)OC(C)(C)C. The fraction of sp³-hybridized carbons (Fsp3) is 0.533. The Hall–Kier alpha value is -1.17. The van der Waals surface area contributed by atoms with Crippen molar-refractivity contribution in [1.29, 1.82) is 0 Å². The van der Waals surface area contributed by atoms with Gasteiger partial charge in [-0.05, 0) is 32.9 Å². The highest BCUT2D eigenvalue weighted by molar-refractivity contribution is 6.35. The summed E-state index contributed by atoms with van der Waals surface area (Å²) < 4.78 is 10.5. The van der Waals surface area contributed by atoms with Crippen molar-refractivity contribution in [3.8, 4) is 5.75 Å². The second kappa shape index (κ2) is 7.90. The van der Waals surface area contributed by atoms with Gasteiger partial charge in [0.2, 0.25) is 0 Å². The number of carbonyl (C=O) groups excluding carboxylic acids is 1. The van der Waals surface area contributed by atoms with Crippen LogP contribution in [0.4, 0.5) is 4.79 Å². The molecule has 3 N–H and O–H groups in total. The van der Waals surface area contributed by atoms with Gasteiger partial charge < -0.3 is 20.5 Å². The summed E-state index contributed by atoms with van der Waals surface area (Å²) in [5.74, 6) is 0.311. The highest BCUT2D eigenvalue weighted by atomic mass is 35.5. The van der Waals surface area contributed by atoms with Crippen molar-refractivity contribution in [1.82, 2.24) is 5.32 Å². The number of halogens is 2. The van der Waals surface area contributed by atoms with Gasteiger partial charge in [-0.2, -0.15) is 0 Å². The molecule has 0 bridgehead atoms. The first kappa shape index (κ1) is 18.9. The van der Waals surface area contributed by atoms with E-state index in [0.717, 1.165) is 5.56 Å². The van der Waals surface area contributed by atoms with E-state index in [9.17, 15) is 4.79 Å². The Morgan fingerprint density at radius 3 is 2.50 bits per heavy atom. The maximum atomic E-state index is 11.7. The van der Waals surface area contributed by atoms with E-state index in [1.807, 2.05) is 0 Å².